The zero-order chi connectivity index (χ0) is 18.4. The van der Waals surface area contributed by atoms with Crippen molar-refractivity contribution in [1.82, 2.24) is 0 Å². The average Bonchev–Trinajstić information content (AvgIpc) is 3.06. The van der Waals surface area contributed by atoms with Crippen molar-refractivity contribution >= 4 is 23.8 Å². The fourth-order valence-electron chi connectivity index (χ4n) is 4.46. The van der Waals surface area contributed by atoms with E-state index in [0.29, 0.717) is 0 Å². The third-order valence-corrected chi connectivity index (χ3v) is 10.9. The molecule has 2 aliphatic carbocycles. The van der Waals surface area contributed by atoms with Gasteiger partial charge in [0.1, 0.15) is 0 Å². The number of benzene rings is 1. The van der Waals surface area contributed by atoms with Crippen molar-refractivity contribution in [3.8, 4) is 0 Å². The summed E-state index contributed by atoms with van der Waals surface area (Å²) in [5, 5.41) is 1.74. The second-order valence-corrected chi connectivity index (χ2v) is 12.0. The Bertz CT molecular complexity index is 745. The topological polar surface area (TPSA) is 0 Å². The summed E-state index contributed by atoms with van der Waals surface area (Å²) in [4.78, 5) is 0. The van der Waals surface area contributed by atoms with E-state index in [9.17, 15) is 0 Å². The first-order chi connectivity index (χ1) is 12.8. The SMILES string of the molecule is CCCCP(CCCC)(CCCC)=C1C=CC=C2C1=Cc1ccccc12. The Labute approximate surface area is 161 Å². The highest BCUT2D eigenvalue weighted by Gasteiger charge is 2.29. The van der Waals surface area contributed by atoms with Crippen LogP contribution in [0.15, 0.2) is 48.1 Å². The van der Waals surface area contributed by atoms with Crippen LogP contribution in [-0.4, -0.2) is 23.8 Å². The first kappa shape index (κ1) is 19.5. The van der Waals surface area contributed by atoms with E-state index >= 15 is 0 Å². The number of fused-ring (bicyclic) bond motifs is 3. The molecular formula is C25H35P. The van der Waals surface area contributed by atoms with Crippen LogP contribution in [0.25, 0.3) is 11.6 Å². The molecule has 0 heterocycles. The van der Waals surface area contributed by atoms with Gasteiger partial charge in [0.15, 0.2) is 0 Å². The molecule has 0 aliphatic heterocycles. The predicted molar refractivity (Wildman–Crippen MR) is 123 cm³/mol. The van der Waals surface area contributed by atoms with Gasteiger partial charge in [0.2, 0.25) is 0 Å². The lowest BCUT2D eigenvalue weighted by Gasteiger charge is -2.32. The summed E-state index contributed by atoms with van der Waals surface area (Å²) < 4.78 is 0. The molecule has 0 amide bonds. The van der Waals surface area contributed by atoms with Crippen molar-refractivity contribution in [2.75, 3.05) is 18.5 Å². The van der Waals surface area contributed by atoms with Gasteiger partial charge in [0, 0.05) is 0 Å². The third kappa shape index (κ3) is 3.86. The molecule has 140 valence electrons. The molecule has 0 atom stereocenters. The monoisotopic (exact) mass is 366 g/mol. The van der Waals surface area contributed by atoms with E-state index in [0.717, 1.165) is 0 Å². The Hall–Kier alpha value is -1.26. The summed E-state index contributed by atoms with van der Waals surface area (Å²) >= 11 is 0. The van der Waals surface area contributed by atoms with E-state index in [4.69, 9.17) is 0 Å². The molecule has 0 unspecified atom stereocenters. The lowest BCUT2D eigenvalue weighted by atomic mass is 9.97. The molecule has 0 saturated carbocycles. The molecule has 3 rings (SSSR count). The summed E-state index contributed by atoms with van der Waals surface area (Å²) in [7, 11) is 0. The first-order valence-corrected chi connectivity index (χ1v) is 13.0. The normalized spacial score (nSPS) is 15.6. The van der Waals surface area contributed by atoms with Gasteiger partial charge in [0.05, 0.1) is 0 Å². The predicted octanol–water partition coefficient (Wildman–Crippen LogP) is 7.63. The molecule has 1 heteroatoms. The molecule has 0 saturated heterocycles. The summed E-state index contributed by atoms with van der Waals surface area (Å²) in [6, 6.07) is 8.94. The Balaban J connectivity index is 2.12. The Morgan fingerprint density at radius 1 is 0.769 bits per heavy atom. The fraction of sp³-hybridized carbons (Fsp3) is 0.480. The molecule has 0 spiro atoms. The van der Waals surface area contributed by atoms with Crippen molar-refractivity contribution < 1.29 is 0 Å². The molecular weight excluding hydrogens is 331 g/mol. The van der Waals surface area contributed by atoms with E-state index in [1.54, 1.807) is 10.9 Å². The highest BCUT2D eigenvalue weighted by atomic mass is 31.2. The maximum atomic E-state index is 2.50. The maximum Gasteiger partial charge on any atom is -0.00980 e. The molecule has 0 bridgehead atoms. The van der Waals surface area contributed by atoms with Gasteiger partial charge in [-0.1, -0.05) is 89.4 Å². The lowest BCUT2D eigenvalue weighted by Crippen LogP contribution is -2.14. The Morgan fingerprint density at radius 3 is 2.00 bits per heavy atom. The van der Waals surface area contributed by atoms with Crippen LogP contribution >= 0.6 is 6.89 Å². The van der Waals surface area contributed by atoms with E-state index in [2.05, 4.69) is 69.3 Å². The van der Waals surface area contributed by atoms with Gasteiger partial charge in [-0.2, -0.15) is 0 Å². The van der Waals surface area contributed by atoms with E-state index in [1.807, 2.05) is 0 Å². The van der Waals surface area contributed by atoms with Crippen molar-refractivity contribution in [3.05, 3.63) is 59.2 Å². The number of rotatable bonds is 9. The van der Waals surface area contributed by atoms with Crippen molar-refractivity contribution in [3.63, 3.8) is 0 Å². The average molecular weight is 367 g/mol. The van der Waals surface area contributed by atoms with Crippen LogP contribution in [0.4, 0.5) is 0 Å². The Morgan fingerprint density at radius 2 is 1.38 bits per heavy atom. The molecule has 0 fully saturated rings. The van der Waals surface area contributed by atoms with Crippen LogP contribution in [0.3, 0.4) is 0 Å². The van der Waals surface area contributed by atoms with Gasteiger partial charge in [-0.25, -0.2) is 0 Å². The Kier molecular flexibility index (Phi) is 6.82. The minimum absolute atomic E-state index is 1.10. The molecule has 0 nitrogen and oxygen atoms in total. The number of hydrogen-bond donors (Lipinski definition) is 0. The minimum atomic E-state index is -1.10. The summed E-state index contributed by atoms with van der Waals surface area (Å²) in [5.74, 6) is 0. The van der Waals surface area contributed by atoms with Crippen molar-refractivity contribution in [2.24, 2.45) is 0 Å². The largest absolute Gasteiger partial charge is 0.0967 e. The molecule has 1 aromatic carbocycles. The van der Waals surface area contributed by atoms with E-state index in [-0.39, 0.29) is 0 Å². The van der Waals surface area contributed by atoms with Gasteiger partial charge in [-0.05, 0) is 71.4 Å². The standard InChI is InChI=1S/C25H35P/c1-4-7-17-26(18-8-5-2,19-9-6-3)25-16-12-15-23-22-14-11-10-13-21(22)20-24(23)25/h10-16,20H,4-9,17-19H2,1-3H3. The maximum absolute atomic E-state index is 2.50. The number of hydrogen-bond acceptors (Lipinski definition) is 0. The van der Waals surface area contributed by atoms with Crippen molar-refractivity contribution in [2.45, 2.75) is 59.3 Å². The van der Waals surface area contributed by atoms with Gasteiger partial charge < -0.3 is 0 Å². The van der Waals surface area contributed by atoms with Gasteiger partial charge >= 0.3 is 0 Å². The fourth-order valence-corrected chi connectivity index (χ4v) is 9.71. The second-order valence-electron chi connectivity index (χ2n) is 7.85. The smallest absolute Gasteiger partial charge is 0.00980 e. The lowest BCUT2D eigenvalue weighted by molar-refractivity contribution is 0.845. The van der Waals surface area contributed by atoms with Gasteiger partial charge in [-0.3, -0.25) is 0 Å². The van der Waals surface area contributed by atoms with E-state index < -0.39 is 6.89 Å². The number of allylic oxidation sites excluding steroid dienone is 5. The highest BCUT2D eigenvalue weighted by Crippen LogP contribution is 2.56. The van der Waals surface area contributed by atoms with Crippen molar-refractivity contribution in [1.29, 1.82) is 0 Å². The quantitative estimate of drug-likeness (QED) is 0.394. The van der Waals surface area contributed by atoms with Crippen LogP contribution in [0.5, 0.6) is 0 Å². The summed E-state index contributed by atoms with van der Waals surface area (Å²) in [6.45, 7) is 5.96. The van der Waals surface area contributed by atoms with E-state index in [1.165, 1.54) is 73.7 Å². The molecule has 0 aromatic heterocycles. The van der Waals surface area contributed by atoms with Gasteiger partial charge in [0.25, 0.3) is 0 Å². The third-order valence-electron chi connectivity index (χ3n) is 5.96. The molecule has 1 aromatic rings. The zero-order valence-electron chi connectivity index (χ0n) is 16.9. The van der Waals surface area contributed by atoms with Gasteiger partial charge in [-0.15, -0.1) is 0 Å². The molecule has 26 heavy (non-hydrogen) atoms. The van der Waals surface area contributed by atoms with Crippen LogP contribution in [0.2, 0.25) is 0 Å². The first-order valence-electron chi connectivity index (χ1n) is 10.7. The van der Waals surface area contributed by atoms with Crippen LogP contribution in [0, 0.1) is 0 Å². The molecule has 2 aliphatic rings. The zero-order valence-corrected chi connectivity index (χ0v) is 17.8. The van der Waals surface area contributed by atoms with Crippen LogP contribution < -0.4 is 0 Å². The van der Waals surface area contributed by atoms with Crippen LogP contribution in [-0.2, 0) is 0 Å². The highest BCUT2D eigenvalue weighted by molar-refractivity contribution is 7.77. The summed E-state index contributed by atoms with van der Waals surface area (Å²) in [6.07, 6.45) is 22.1. The molecule has 0 N–H and O–H groups in total. The van der Waals surface area contributed by atoms with Crippen LogP contribution in [0.1, 0.15) is 70.4 Å². The number of unbranched alkanes of at least 4 members (excludes halogenated alkanes) is 3. The summed E-state index contributed by atoms with van der Waals surface area (Å²) in [5.41, 5.74) is 5.88. The minimum Gasteiger partial charge on any atom is -0.0967 e. The second kappa shape index (κ2) is 9.09. The molecule has 0 radical (unpaired) electrons.